The lowest BCUT2D eigenvalue weighted by molar-refractivity contribution is 0.221. The smallest absolute Gasteiger partial charge is 0.322 e. The molecule has 0 saturated carbocycles. The van der Waals surface area contributed by atoms with E-state index in [0.717, 1.165) is 5.56 Å². The van der Waals surface area contributed by atoms with E-state index in [4.69, 9.17) is 29.6 Å². The number of likely N-dealkylation sites (N-methyl/N-ethyl adjacent to an activating group) is 1. The number of amides is 2. The molecular formula is C12H16ClN3OS. The molecule has 2 amide bonds. The van der Waals surface area contributed by atoms with Crippen LogP contribution in [0.5, 0.6) is 0 Å². The monoisotopic (exact) mass is 285 g/mol. The lowest BCUT2D eigenvalue weighted by Crippen LogP contribution is -2.40. The average Bonchev–Trinajstić information content (AvgIpc) is 2.30. The number of hydrogen-bond acceptors (Lipinski definition) is 2. The van der Waals surface area contributed by atoms with E-state index < -0.39 is 0 Å². The molecule has 1 rings (SSSR count). The molecule has 0 fully saturated rings. The summed E-state index contributed by atoms with van der Waals surface area (Å²) < 4.78 is 0. The number of nitrogens with two attached hydrogens (primary N) is 1. The number of aryl methyl sites for hydroxylation is 1. The Kier molecular flexibility index (Phi) is 5.37. The highest BCUT2D eigenvalue weighted by Crippen LogP contribution is 2.20. The van der Waals surface area contributed by atoms with E-state index in [9.17, 15) is 4.79 Å². The molecule has 0 aromatic heterocycles. The minimum absolute atomic E-state index is 0.245. The number of nitrogens with zero attached hydrogens (tertiary/aromatic N) is 1. The summed E-state index contributed by atoms with van der Waals surface area (Å²) in [4.78, 5) is 13.7. The van der Waals surface area contributed by atoms with Crippen molar-refractivity contribution in [2.24, 2.45) is 5.73 Å². The van der Waals surface area contributed by atoms with Gasteiger partial charge in [-0.25, -0.2) is 4.79 Å². The maximum atomic E-state index is 11.9. The number of thiocarbonyl (C=S) groups is 1. The van der Waals surface area contributed by atoms with Gasteiger partial charge in [0.25, 0.3) is 0 Å². The largest absolute Gasteiger partial charge is 0.392 e. The van der Waals surface area contributed by atoms with Gasteiger partial charge in [-0.1, -0.05) is 29.9 Å². The van der Waals surface area contributed by atoms with Crippen molar-refractivity contribution in [1.82, 2.24) is 4.90 Å². The van der Waals surface area contributed by atoms with E-state index in [1.165, 1.54) is 4.90 Å². The summed E-state index contributed by atoms with van der Waals surface area (Å²) in [5.74, 6) is 0. The number of carbonyl (C=O) groups is 1. The molecule has 18 heavy (non-hydrogen) atoms. The SMILES string of the molecule is CCN(CC(N)=S)C(=O)Nc1ccc(C)c(Cl)c1. The standard InChI is InChI=1S/C12H16ClN3OS/c1-3-16(7-11(14)18)12(17)15-9-5-4-8(2)10(13)6-9/h4-6H,3,7H2,1-2H3,(H2,14,18)(H,15,17). The first-order valence-corrected chi connectivity index (χ1v) is 6.33. The van der Waals surface area contributed by atoms with E-state index in [2.05, 4.69) is 5.32 Å². The number of halogens is 1. The van der Waals surface area contributed by atoms with Crippen LogP contribution in [0.2, 0.25) is 5.02 Å². The summed E-state index contributed by atoms with van der Waals surface area (Å²) in [5, 5.41) is 3.37. The third kappa shape index (κ3) is 4.16. The molecule has 1 aromatic carbocycles. The first-order valence-electron chi connectivity index (χ1n) is 5.54. The molecule has 3 N–H and O–H groups in total. The molecule has 6 heteroatoms. The van der Waals surface area contributed by atoms with Crippen LogP contribution in [0.15, 0.2) is 18.2 Å². The van der Waals surface area contributed by atoms with Gasteiger partial charge in [0.05, 0.1) is 11.5 Å². The molecule has 0 spiro atoms. The van der Waals surface area contributed by atoms with Crippen molar-refractivity contribution in [3.8, 4) is 0 Å². The van der Waals surface area contributed by atoms with E-state index in [-0.39, 0.29) is 17.6 Å². The van der Waals surface area contributed by atoms with Crippen molar-refractivity contribution in [2.75, 3.05) is 18.4 Å². The van der Waals surface area contributed by atoms with Crippen LogP contribution < -0.4 is 11.1 Å². The van der Waals surface area contributed by atoms with Crippen LogP contribution in [-0.2, 0) is 0 Å². The van der Waals surface area contributed by atoms with E-state index >= 15 is 0 Å². The molecule has 98 valence electrons. The minimum Gasteiger partial charge on any atom is -0.392 e. The van der Waals surface area contributed by atoms with Gasteiger partial charge in [0, 0.05) is 17.3 Å². The highest BCUT2D eigenvalue weighted by molar-refractivity contribution is 7.80. The van der Waals surface area contributed by atoms with E-state index in [1.807, 2.05) is 19.9 Å². The number of urea groups is 1. The Morgan fingerprint density at radius 2 is 2.22 bits per heavy atom. The highest BCUT2D eigenvalue weighted by Gasteiger charge is 2.12. The van der Waals surface area contributed by atoms with Crippen LogP contribution in [0, 0.1) is 6.92 Å². The summed E-state index contributed by atoms with van der Waals surface area (Å²) in [5.41, 5.74) is 7.05. The summed E-state index contributed by atoms with van der Waals surface area (Å²) in [6.07, 6.45) is 0. The second-order valence-corrected chi connectivity index (χ2v) is 4.81. The van der Waals surface area contributed by atoms with Crippen molar-refractivity contribution >= 4 is 40.5 Å². The fraction of sp³-hybridized carbons (Fsp3) is 0.333. The summed E-state index contributed by atoms with van der Waals surface area (Å²) >= 11 is 10.8. The Morgan fingerprint density at radius 3 is 2.72 bits per heavy atom. The molecule has 0 radical (unpaired) electrons. The molecule has 0 aliphatic rings. The number of carbonyl (C=O) groups excluding carboxylic acids is 1. The Bertz CT molecular complexity index is 465. The zero-order valence-electron chi connectivity index (χ0n) is 10.4. The first kappa shape index (κ1) is 14.7. The van der Waals surface area contributed by atoms with Gasteiger partial charge < -0.3 is 16.0 Å². The number of benzene rings is 1. The van der Waals surface area contributed by atoms with Crippen molar-refractivity contribution in [2.45, 2.75) is 13.8 Å². The Morgan fingerprint density at radius 1 is 1.56 bits per heavy atom. The zero-order valence-corrected chi connectivity index (χ0v) is 11.9. The summed E-state index contributed by atoms with van der Waals surface area (Å²) in [7, 11) is 0. The van der Waals surface area contributed by atoms with Crippen LogP contribution in [0.4, 0.5) is 10.5 Å². The number of anilines is 1. The van der Waals surface area contributed by atoms with Crippen LogP contribution in [0.25, 0.3) is 0 Å². The van der Waals surface area contributed by atoms with Crippen molar-refractivity contribution in [1.29, 1.82) is 0 Å². The third-order valence-electron chi connectivity index (χ3n) is 2.44. The predicted octanol–water partition coefficient (Wildman–Crippen LogP) is 2.79. The number of hydrogen-bond donors (Lipinski definition) is 2. The molecule has 0 saturated heterocycles. The maximum Gasteiger partial charge on any atom is 0.322 e. The topological polar surface area (TPSA) is 58.4 Å². The normalized spacial score (nSPS) is 9.94. The van der Waals surface area contributed by atoms with Gasteiger partial charge in [0.2, 0.25) is 0 Å². The molecular weight excluding hydrogens is 270 g/mol. The fourth-order valence-electron chi connectivity index (χ4n) is 1.39. The van der Waals surface area contributed by atoms with Crippen molar-refractivity contribution in [3.63, 3.8) is 0 Å². The second-order valence-electron chi connectivity index (χ2n) is 3.87. The summed E-state index contributed by atoms with van der Waals surface area (Å²) in [6.45, 7) is 4.55. The van der Waals surface area contributed by atoms with Gasteiger partial charge in [-0.2, -0.15) is 0 Å². The molecule has 0 heterocycles. The zero-order chi connectivity index (χ0) is 13.7. The molecule has 0 aliphatic carbocycles. The molecule has 0 unspecified atom stereocenters. The highest BCUT2D eigenvalue weighted by atomic mass is 35.5. The average molecular weight is 286 g/mol. The summed E-state index contributed by atoms with van der Waals surface area (Å²) in [6, 6.07) is 5.11. The Labute approximate surface area is 117 Å². The molecule has 0 bridgehead atoms. The maximum absolute atomic E-state index is 11.9. The second kappa shape index (κ2) is 6.56. The van der Waals surface area contributed by atoms with Crippen LogP contribution in [0.3, 0.4) is 0 Å². The molecule has 4 nitrogen and oxygen atoms in total. The Hall–Kier alpha value is -1.33. The first-order chi connectivity index (χ1) is 8.43. The molecule has 0 atom stereocenters. The quantitative estimate of drug-likeness (QED) is 0.837. The van der Waals surface area contributed by atoms with E-state index in [1.54, 1.807) is 12.1 Å². The fourth-order valence-corrected chi connectivity index (χ4v) is 1.72. The van der Waals surface area contributed by atoms with Crippen LogP contribution in [0.1, 0.15) is 12.5 Å². The number of nitrogens with one attached hydrogen (secondary N) is 1. The Balaban J connectivity index is 2.73. The van der Waals surface area contributed by atoms with Gasteiger partial charge in [-0.05, 0) is 31.5 Å². The molecule has 0 aliphatic heterocycles. The van der Waals surface area contributed by atoms with Crippen LogP contribution in [-0.4, -0.2) is 29.0 Å². The minimum atomic E-state index is -0.245. The third-order valence-corrected chi connectivity index (χ3v) is 2.98. The van der Waals surface area contributed by atoms with Gasteiger partial charge in [0.1, 0.15) is 0 Å². The van der Waals surface area contributed by atoms with Crippen molar-refractivity contribution < 1.29 is 4.79 Å². The molecule has 1 aromatic rings. The lowest BCUT2D eigenvalue weighted by Gasteiger charge is -2.20. The predicted molar refractivity (Wildman–Crippen MR) is 79.2 cm³/mol. The van der Waals surface area contributed by atoms with Crippen LogP contribution >= 0.6 is 23.8 Å². The van der Waals surface area contributed by atoms with Gasteiger partial charge in [0.15, 0.2) is 0 Å². The van der Waals surface area contributed by atoms with E-state index in [0.29, 0.717) is 17.3 Å². The lowest BCUT2D eigenvalue weighted by atomic mass is 10.2. The van der Waals surface area contributed by atoms with Gasteiger partial charge in [-0.3, -0.25) is 0 Å². The number of rotatable bonds is 4. The van der Waals surface area contributed by atoms with Gasteiger partial charge >= 0.3 is 6.03 Å². The van der Waals surface area contributed by atoms with Crippen molar-refractivity contribution in [3.05, 3.63) is 28.8 Å². The van der Waals surface area contributed by atoms with Gasteiger partial charge in [-0.15, -0.1) is 0 Å².